The van der Waals surface area contributed by atoms with Gasteiger partial charge in [0.25, 0.3) is 0 Å². The van der Waals surface area contributed by atoms with Gasteiger partial charge in [-0.1, -0.05) is 26.7 Å². The van der Waals surface area contributed by atoms with Crippen LogP contribution in [0.25, 0.3) is 0 Å². The standard InChI is InChI=1S/C22H39NO2/c1-20-10-4-3-5-16(20)6-7-17-18(20)8-11-21(2)19(17)9-12-22(21,25)15-23-13-14-24/h16-19,23-25H,3-15H2,1-2H3/t16?,17-,18-,19+,20+,21+,22?/m1/s1. The van der Waals surface area contributed by atoms with Crippen LogP contribution in [-0.2, 0) is 0 Å². The number of hydrogen-bond donors (Lipinski definition) is 3. The molecular formula is C22H39NO2. The molecule has 0 aromatic carbocycles. The second-order valence-electron chi connectivity index (χ2n) is 10.3. The highest BCUT2D eigenvalue weighted by Crippen LogP contribution is 2.68. The number of aliphatic hydroxyl groups excluding tert-OH is 1. The third-order valence-electron chi connectivity index (χ3n) is 9.61. The van der Waals surface area contributed by atoms with Gasteiger partial charge in [-0.05, 0) is 80.5 Å². The van der Waals surface area contributed by atoms with Gasteiger partial charge >= 0.3 is 0 Å². The Labute approximate surface area is 154 Å². The highest BCUT2D eigenvalue weighted by molar-refractivity contribution is 5.14. The molecule has 25 heavy (non-hydrogen) atoms. The molecule has 0 spiro atoms. The van der Waals surface area contributed by atoms with E-state index in [0.717, 1.165) is 24.2 Å². The van der Waals surface area contributed by atoms with E-state index in [-0.39, 0.29) is 12.0 Å². The van der Waals surface area contributed by atoms with E-state index in [0.29, 0.717) is 24.4 Å². The lowest BCUT2D eigenvalue weighted by atomic mass is 9.44. The van der Waals surface area contributed by atoms with Crippen molar-refractivity contribution in [3.8, 4) is 0 Å². The highest BCUT2D eigenvalue weighted by Gasteiger charge is 2.64. The molecule has 0 saturated heterocycles. The fraction of sp³-hybridized carbons (Fsp3) is 1.00. The second-order valence-corrected chi connectivity index (χ2v) is 10.3. The molecule has 0 aromatic heterocycles. The molecule has 4 aliphatic carbocycles. The van der Waals surface area contributed by atoms with Gasteiger partial charge in [0, 0.05) is 18.5 Å². The Morgan fingerprint density at radius 2 is 1.72 bits per heavy atom. The molecule has 0 bridgehead atoms. The average molecular weight is 350 g/mol. The van der Waals surface area contributed by atoms with Gasteiger partial charge < -0.3 is 15.5 Å². The maximum Gasteiger partial charge on any atom is 0.0827 e. The Morgan fingerprint density at radius 1 is 0.920 bits per heavy atom. The molecule has 2 unspecified atom stereocenters. The maximum absolute atomic E-state index is 11.5. The molecule has 3 heteroatoms. The molecule has 0 aliphatic heterocycles. The Bertz CT molecular complexity index is 496. The van der Waals surface area contributed by atoms with E-state index in [1.54, 1.807) is 0 Å². The maximum atomic E-state index is 11.5. The molecule has 4 rings (SSSR count). The van der Waals surface area contributed by atoms with Crippen LogP contribution in [0, 0.1) is 34.5 Å². The van der Waals surface area contributed by atoms with Crippen molar-refractivity contribution in [2.75, 3.05) is 19.7 Å². The van der Waals surface area contributed by atoms with Gasteiger partial charge in [0.15, 0.2) is 0 Å². The predicted octanol–water partition coefficient (Wildman–Crippen LogP) is 3.73. The third kappa shape index (κ3) is 2.63. The molecule has 0 heterocycles. The van der Waals surface area contributed by atoms with Gasteiger partial charge in [0.2, 0.25) is 0 Å². The van der Waals surface area contributed by atoms with Gasteiger partial charge in [-0.2, -0.15) is 0 Å². The first-order valence-corrected chi connectivity index (χ1v) is 11.0. The quantitative estimate of drug-likeness (QED) is 0.678. The van der Waals surface area contributed by atoms with E-state index >= 15 is 0 Å². The number of hydrogen-bond acceptors (Lipinski definition) is 3. The summed E-state index contributed by atoms with van der Waals surface area (Å²) in [6, 6.07) is 0. The second kappa shape index (κ2) is 6.49. The van der Waals surface area contributed by atoms with Crippen LogP contribution < -0.4 is 5.32 Å². The monoisotopic (exact) mass is 349 g/mol. The van der Waals surface area contributed by atoms with Gasteiger partial charge in [-0.25, -0.2) is 0 Å². The number of rotatable bonds is 4. The van der Waals surface area contributed by atoms with Gasteiger partial charge in [0.1, 0.15) is 0 Å². The number of aliphatic hydroxyl groups is 2. The zero-order valence-electron chi connectivity index (χ0n) is 16.4. The largest absolute Gasteiger partial charge is 0.395 e. The zero-order valence-corrected chi connectivity index (χ0v) is 16.4. The summed E-state index contributed by atoms with van der Waals surface area (Å²) in [7, 11) is 0. The summed E-state index contributed by atoms with van der Waals surface area (Å²) < 4.78 is 0. The fourth-order valence-electron chi connectivity index (χ4n) is 8.07. The topological polar surface area (TPSA) is 52.5 Å². The summed E-state index contributed by atoms with van der Waals surface area (Å²) in [6.07, 6.45) is 13.3. The molecule has 3 N–H and O–H groups in total. The molecular weight excluding hydrogens is 310 g/mol. The zero-order chi connectivity index (χ0) is 17.7. The van der Waals surface area contributed by atoms with Crippen LogP contribution in [0.3, 0.4) is 0 Å². The minimum Gasteiger partial charge on any atom is -0.395 e. The van der Waals surface area contributed by atoms with Crippen molar-refractivity contribution in [1.29, 1.82) is 0 Å². The predicted molar refractivity (Wildman–Crippen MR) is 101 cm³/mol. The minimum absolute atomic E-state index is 0.0640. The third-order valence-corrected chi connectivity index (χ3v) is 9.61. The summed E-state index contributed by atoms with van der Waals surface area (Å²) in [4.78, 5) is 0. The summed E-state index contributed by atoms with van der Waals surface area (Å²) in [5, 5.41) is 23.9. The normalized spacial score (nSPS) is 52.3. The van der Waals surface area contributed by atoms with Crippen molar-refractivity contribution in [2.24, 2.45) is 34.5 Å². The smallest absolute Gasteiger partial charge is 0.0827 e. The molecule has 4 saturated carbocycles. The first-order valence-electron chi connectivity index (χ1n) is 11.0. The lowest BCUT2D eigenvalue weighted by molar-refractivity contribution is -0.150. The van der Waals surface area contributed by atoms with E-state index in [1.807, 2.05) is 0 Å². The summed E-state index contributed by atoms with van der Waals surface area (Å²) >= 11 is 0. The Balaban J connectivity index is 1.55. The molecule has 4 aliphatic rings. The van der Waals surface area contributed by atoms with E-state index < -0.39 is 5.60 Å². The van der Waals surface area contributed by atoms with E-state index in [4.69, 9.17) is 5.11 Å². The van der Waals surface area contributed by atoms with Crippen molar-refractivity contribution in [3.05, 3.63) is 0 Å². The Kier molecular flexibility index (Phi) is 4.74. The van der Waals surface area contributed by atoms with Crippen molar-refractivity contribution >= 4 is 0 Å². The van der Waals surface area contributed by atoms with Crippen LogP contribution in [0.1, 0.15) is 78.1 Å². The molecule has 4 fully saturated rings. The van der Waals surface area contributed by atoms with Crippen molar-refractivity contribution < 1.29 is 10.2 Å². The van der Waals surface area contributed by atoms with E-state index in [2.05, 4.69) is 19.2 Å². The number of nitrogens with one attached hydrogen (secondary N) is 1. The lowest BCUT2D eigenvalue weighted by Gasteiger charge is -2.61. The van der Waals surface area contributed by atoms with Crippen LogP contribution in [0.4, 0.5) is 0 Å². The van der Waals surface area contributed by atoms with Crippen molar-refractivity contribution in [1.82, 2.24) is 5.32 Å². The van der Waals surface area contributed by atoms with E-state index in [9.17, 15) is 5.11 Å². The number of fused-ring (bicyclic) bond motifs is 5. The van der Waals surface area contributed by atoms with Crippen molar-refractivity contribution in [2.45, 2.75) is 83.7 Å². The van der Waals surface area contributed by atoms with Crippen LogP contribution >= 0.6 is 0 Å². The Hall–Kier alpha value is -0.120. The fourth-order valence-corrected chi connectivity index (χ4v) is 8.07. The SMILES string of the molecule is C[C@]12CCCCC1CC[C@@H]1[C@H]2CC[C@@]2(C)[C@H]1CCC2(O)CNCCO. The summed E-state index contributed by atoms with van der Waals surface area (Å²) in [6.45, 7) is 6.41. The molecule has 0 amide bonds. The van der Waals surface area contributed by atoms with Crippen LogP contribution in [0.2, 0.25) is 0 Å². The first kappa shape index (κ1) is 18.3. The molecule has 0 radical (unpaired) electrons. The van der Waals surface area contributed by atoms with E-state index in [1.165, 1.54) is 57.8 Å². The lowest BCUT2D eigenvalue weighted by Crippen LogP contribution is -2.58. The van der Waals surface area contributed by atoms with Crippen LogP contribution in [-0.4, -0.2) is 35.5 Å². The first-order chi connectivity index (χ1) is 11.9. The average Bonchev–Trinajstić information content (AvgIpc) is 2.86. The molecule has 144 valence electrons. The summed E-state index contributed by atoms with van der Waals surface area (Å²) in [5.41, 5.74) is 0.0644. The Morgan fingerprint density at radius 3 is 2.52 bits per heavy atom. The van der Waals surface area contributed by atoms with Crippen LogP contribution in [0.15, 0.2) is 0 Å². The minimum atomic E-state index is -0.581. The van der Waals surface area contributed by atoms with Gasteiger partial charge in [0.05, 0.1) is 12.2 Å². The highest BCUT2D eigenvalue weighted by atomic mass is 16.3. The van der Waals surface area contributed by atoms with Crippen molar-refractivity contribution in [3.63, 3.8) is 0 Å². The molecule has 0 aromatic rings. The molecule has 7 atom stereocenters. The van der Waals surface area contributed by atoms with Gasteiger partial charge in [-0.15, -0.1) is 0 Å². The van der Waals surface area contributed by atoms with Gasteiger partial charge in [-0.3, -0.25) is 0 Å². The summed E-state index contributed by atoms with van der Waals surface area (Å²) in [5.74, 6) is 3.41. The van der Waals surface area contributed by atoms with Crippen LogP contribution in [0.5, 0.6) is 0 Å². The molecule has 3 nitrogen and oxygen atoms in total.